The van der Waals surface area contributed by atoms with E-state index in [9.17, 15) is 9.90 Å². The van der Waals surface area contributed by atoms with Crippen LogP contribution in [0.3, 0.4) is 0 Å². The molecular weight excluding hydrogens is 370 g/mol. The summed E-state index contributed by atoms with van der Waals surface area (Å²) in [6.07, 6.45) is 3.59. The summed E-state index contributed by atoms with van der Waals surface area (Å²) in [5, 5.41) is 20.2. The third-order valence-electron chi connectivity index (χ3n) is 4.47. The Hall–Kier alpha value is -2.78. The van der Waals surface area contributed by atoms with Crippen molar-refractivity contribution in [1.82, 2.24) is 4.98 Å². The molecule has 0 fully saturated rings. The highest BCUT2D eigenvalue weighted by atomic mass is 16.5. The van der Waals surface area contributed by atoms with Crippen LogP contribution in [0, 0.1) is 11.8 Å². The van der Waals surface area contributed by atoms with E-state index in [1.54, 1.807) is 7.11 Å². The molecule has 1 aromatic heterocycles. The Morgan fingerprint density at radius 1 is 1.21 bits per heavy atom. The van der Waals surface area contributed by atoms with Crippen LogP contribution in [0.2, 0.25) is 0 Å². The molecule has 0 saturated heterocycles. The standard InChI is InChI=1S/C23H29NO5/c1-3-4-9-14-29-23-19(21(25)10-7-5-6-8-11-22(26)27)16-17-15-18(28-2)12-13-20(17)24-23/h12-13,15-16,21,25H,3-4,6,8-11,14H2,1-2H3,(H,26,27). The van der Waals surface area contributed by atoms with Gasteiger partial charge >= 0.3 is 5.97 Å². The van der Waals surface area contributed by atoms with Gasteiger partial charge in [0.2, 0.25) is 5.88 Å². The number of carbonyl (C=O) groups is 1. The summed E-state index contributed by atoms with van der Waals surface area (Å²) in [6.45, 7) is 2.68. The highest BCUT2D eigenvalue weighted by molar-refractivity contribution is 5.81. The maximum atomic E-state index is 10.7. The van der Waals surface area contributed by atoms with Crippen LogP contribution in [-0.4, -0.2) is 34.9 Å². The van der Waals surface area contributed by atoms with E-state index in [4.69, 9.17) is 14.6 Å². The lowest BCUT2D eigenvalue weighted by Gasteiger charge is -2.15. The number of aromatic nitrogens is 1. The van der Waals surface area contributed by atoms with Gasteiger partial charge in [-0.1, -0.05) is 19.8 Å². The Bertz CT molecular complexity index is 869. The summed E-state index contributed by atoms with van der Waals surface area (Å²) in [5.41, 5.74) is 1.37. The lowest BCUT2D eigenvalue weighted by molar-refractivity contribution is -0.137. The van der Waals surface area contributed by atoms with Crippen LogP contribution in [0.15, 0.2) is 24.3 Å². The maximum absolute atomic E-state index is 10.7. The molecule has 0 aliphatic rings. The van der Waals surface area contributed by atoms with Gasteiger partial charge in [0.25, 0.3) is 0 Å². The van der Waals surface area contributed by atoms with Gasteiger partial charge in [-0.3, -0.25) is 4.79 Å². The van der Waals surface area contributed by atoms with E-state index in [-0.39, 0.29) is 12.8 Å². The average Bonchev–Trinajstić information content (AvgIpc) is 2.72. The molecule has 29 heavy (non-hydrogen) atoms. The minimum atomic E-state index is -0.841. The van der Waals surface area contributed by atoms with Gasteiger partial charge in [-0.25, -0.2) is 4.98 Å². The van der Waals surface area contributed by atoms with Gasteiger partial charge < -0.3 is 19.7 Å². The molecule has 0 radical (unpaired) electrons. The molecule has 1 unspecified atom stereocenters. The number of ether oxygens (including phenoxy) is 2. The van der Waals surface area contributed by atoms with Crippen molar-refractivity contribution in [3.63, 3.8) is 0 Å². The second-order valence-corrected chi connectivity index (χ2v) is 6.82. The molecule has 1 heterocycles. The van der Waals surface area contributed by atoms with Crippen LogP contribution in [0.25, 0.3) is 10.9 Å². The number of nitrogens with zero attached hydrogens (tertiary/aromatic N) is 1. The smallest absolute Gasteiger partial charge is 0.303 e. The van der Waals surface area contributed by atoms with E-state index in [0.29, 0.717) is 30.9 Å². The normalized spacial score (nSPS) is 11.6. The number of benzene rings is 1. The molecule has 0 spiro atoms. The maximum Gasteiger partial charge on any atom is 0.303 e. The first-order valence-corrected chi connectivity index (χ1v) is 10.0. The number of methoxy groups -OCH3 is 1. The summed E-state index contributed by atoms with van der Waals surface area (Å²) < 4.78 is 11.2. The van der Waals surface area contributed by atoms with Crippen LogP contribution < -0.4 is 9.47 Å². The average molecular weight is 399 g/mol. The lowest BCUT2D eigenvalue weighted by Crippen LogP contribution is -2.06. The molecule has 0 saturated carbocycles. The number of aliphatic carboxylic acids is 1. The van der Waals surface area contributed by atoms with Crippen molar-refractivity contribution in [1.29, 1.82) is 0 Å². The SMILES string of the molecule is CCCCCOc1nc2ccc(OC)cc2cc1C(O)CC#CCCCC(=O)O. The van der Waals surface area contributed by atoms with E-state index in [2.05, 4.69) is 23.7 Å². The van der Waals surface area contributed by atoms with Crippen LogP contribution in [0.4, 0.5) is 0 Å². The predicted octanol–water partition coefficient (Wildman–Crippen LogP) is 4.49. The van der Waals surface area contributed by atoms with E-state index in [1.165, 1.54) is 0 Å². The van der Waals surface area contributed by atoms with Crippen molar-refractivity contribution in [2.24, 2.45) is 0 Å². The zero-order valence-electron chi connectivity index (χ0n) is 17.1. The number of unbranched alkanes of at least 4 members (excludes halogenated alkanes) is 3. The Balaban J connectivity index is 2.17. The topological polar surface area (TPSA) is 88.9 Å². The van der Waals surface area contributed by atoms with E-state index in [0.717, 1.165) is 35.9 Å². The lowest BCUT2D eigenvalue weighted by atomic mass is 10.0. The van der Waals surface area contributed by atoms with Gasteiger partial charge in [0.15, 0.2) is 0 Å². The Labute approximate surface area is 171 Å². The Kier molecular flexibility index (Phi) is 9.26. The quantitative estimate of drug-likeness (QED) is 0.427. The first-order chi connectivity index (χ1) is 14.0. The fourth-order valence-corrected chi connectivity index (χ4v) is 2.85. The molecule has 0 aliphatic carbocycles. The summed E-state index contributed by atoms with van der Waals surface area (Å²) in [5.74, 6) is 6.17. The van der Waals surface area contributed by atoms with E-state index < -0.39 is 12.1 Å². The summed E-state index contributed by atoms with van der Waals surface area (Å²) in [6, 6.07) is 7.45. The van der Waals surface area contributed by atoms with E-state index >= 15 is 0 Å². The molecule has 2 N–H and O–H groups in total. The third kappa shape index (κ3) is 7.28. The highest BCUT2D eigenvalue weighted by Gasteiger charge is 2.16. The molecule has 0 aliphatic heterocycles. The molecular formula is C23H29NO5. The van der Waals surface area contributed by atoms with Crippen molar-refractivity contribution < 1.29 is 24.5 Å². The number of hydrogen-bond donors (Lipinski definition) is 2. The Morgan fingerprint density at radius 2 is 2.03 bits per heavy atom. The molecule has 1 atom stereocenters. The van der Waals surface area contributed by atoms with Gasteiger partial charge in [0.1, 0.15) is 5.75 Å². The highest BCUT2D eigenvalue weighted by Crippen LogP contribution is 2.31. The van der Waals surface area contributed by atoms with Crippen LogP contribution in [0.1, 0.15) is 63.5 Å². The van der Waals surface area contributed by atoms with Crippen LogP contribution in [-0.2, 0) is 4.79 Å². The van der Waals surface area contributed by atoms with Crippen molar-refractivity contribution in [2.75, 3.05) is 13.7 Å². The number of hydrogen-bond acceptors (Lipinski definition) is 5. The van der Waals surface area contributed by atoms with Crippen molar-refractivity contribution in [3.05, 3.63) is 29.8 Å². The van der Waals surface area contributed by atoms with Gasteiger partial charge in [0, 0.05) is 30.2 Å². The largest absolute Gasteiger partial charge is 0.497 e. The van der Waals surface area contributed by atoms with Gasteiger partial charge in [-0.15, -0.1) is 11.8 Å². The second-order valence-electron chi connectivity index (χ2n) is 6.82. The van der Waals surface area contributed by atoms with Gasteiger partial charge in [-0.05, 0) is 37.1 Å². The van der Waals surface area contributed by atoms with Gasteiger partial charge in [0.05, 0.1) is 25.3 Å². The zero-order chi connectivity index (χ0) is 21.1. The minimum absolute atomic E-state index is 0.101. The third-order valence-corrected chi connectivity index (χ3v) is 4.47. The first-order valence-electron chi connectivity index (χ1n) is 10.0. The molecule has 0 amide bonds. The van der Waals surface area contributed by atoms with Crippen LogP contribution in [0.5, 0.6) is 11.6 Å². The minimum Gasteiger partial charge on any atom is -0.497 e. The molecule has 2 aromatic rings. The molecule has 6 nitrogen and oxygen atoms in total. The van der Waals surface area contributed by atoms with E-state index in [1.807, 2.05) is 24.3 Å². The fourth-order valence-electron chi connectivity index (χ4n) is 2.85. The number of rotatable bonds is 11. The molecule has 2 rings (SSSR count). The zero-order valence-corrected chi connectivity index (χ0v) is 17.1. The molecule has 6 heteroatoms. The summed E-state index contributed by atoms with van der Waals surface area (Å²) in [7, 11) is 1.61. The summed E-state index contributed by atoms with van der Waals surface area (Å²) >= 11 is 0. The summed E-state index contributed by atoms with van der Waals surface area (Å²) in [4.78, 5) is 15.1. The number of aliphatic hydroxyl groups excluding tert-OH is 1. The van der Waals surface area contributed by atoms with Crippen molar-refractivity contribution >= 4 is 16.9 Å². The van der Waals surface area contributed by atoms with Crippen molar-refractivity contribution in [2.45, 2.75) is 58.0 Å². The molecule has 0 bridgehead atoms. The monoisotopic (exact) mass is 399 g/mol. The fraction of sp³-hybridized carbons (Fsp3) is 0.478. The first kappa shape index (κ1) is 22.5. The predicted molar refractivity (Wildman–Crippen MR) is 112 cm³/mol. The molecule has 1 aromatic carbocycles. The van der Waals surface area contributed by atoms with Gasteiger partial charge in [-0.2, -0.15) is 0 Å². The second kappa shape index (κ2) is 11.9. The number of pyridine rings is 1. The van der Waals surface area contributed by atoms with Crippen molar-refractivity contribution in [3.8, 4) is 23.5 Å². The number of carboxylic acid groups (broad SMARTS) is 1. The Morgan fingerprint density at radius 3 is 2.76 bits per heavy atom. The number of aliphatic hydroxyl groups is 1. The van der Waals surface area contributed by atoms with Crippen LogP contribution >= 0.6 is 0 Å². The molecule has 156 valence electrons. The number of fused-ring (bicyclic) bond motifs is 1. The number of carboxylic acids is 1.